The molecule has 41 heavy (non-hydrogen) atoms. The zero-order valence-corrected chi connectivity index (χ0v) is 23.1. The molecule has 0 heterocycles. The lowest BCUT2D eigenvalue weighted by Gasteiger charge is -2.41. The number of carbonyl (C=O) groups is 1. The monoisotopic (exact) mass is 581 g/mol. The van der Waals surface area contributed by atoms with Crippen molar-refractivity contribution in [2.75, 3.05) is 19.7 Å². The fourth-order valence-corrected chi connectivity index (χ4v) is 5.22. The van der Waals surface area contributed by atoms with E-state index in [0.717, 1.165) is 5.56 Å². The lowest BCUT2D eigenvalue weighted by Crippen LogP contribution is -2.52. The van der Waals surface area contributed by atoms with Crippen LogP contribution in [0.1, 0.15) is 28.7 Å². The van der Waals surface area contributed by atoms with Crippen LogP contribution in [0.15, 0.2) is 109 Å². The average molecular weight is 582 g/mol. The van der Waals surface area contributed by atoms with Crippen molar-refractivity contribution in [3.05, 3.63) is 136 Å². The Morgan fingerprint density at radius 1 is 0.829 bits per heavy atom. The van der Waals surface area contributed by atoms with Gasteiger partial charge in [0.1, 0.15) is 11.2 Å². The molecule has 0 spiro atoms. The molecule has 4 nitrogen and oxygen atoms in total. The topological polar surface area (TPSA) is 49.8 Å². The Kier molecular flexibility index (Phi) is 10.1. The summed E-state index contributed by atoms with van der Waals surface area (Å²) >= 11 is 6.44. The normalized spacial score (nSPS) is 11.9. The highest BCUT2D eigenvalue weighted by Gasteiger charge is 2.57. The lowest BCUT2D eigenvalue weighted by atomic mass is 9.73. The highest BCUT2D eigenvalue weighted by atomic mass is 35.5. The molecule has 0 fully saturated rings. The Morgan fingerprint density at radius 3 is 2.02 bits per heavy atom. The van der Waals surface area contributed by atoms with E-state index in [4.69, 9.17) is 21.4 Å². The molecule has 4 aromatic carbocycles. The Balaban J connectivity index is 1.62. The summed E-state index contributed by atoms with van der Waals surface area (Å²) in [7, 11) is 0. The van der Waals surface area contributed by atoms with Crippen LogP contribution >= 0.6 is 11.6 Å². The minimum absolute atomic E-state index is 0.124. The summed E-state index contributed by atoms with van der Waals surface area (Å²) in [5.74, 6) is -0.429. The Morgan fingerprint density at radius 2 is 1.44 bits per heavy atom. The number of hydrogen-bond acceptors (Lipinski definition) is 3. The van der Waals surface area contributed by atoms with Crippen LogP contribution in [-0.2, 0) is 23.2 Å². The molecule has 4 rings (SSSR count). The van der Waals surface area contributed by atoms with Gasteiger partial charge in [0.25, 0.3) is 0 Å². The number of aliphatic carboxylic acids is 1. The van der Waals surface area contributed by atoms with Crippen LogP contribution in [0.4, 0.5) is 13.2 Å². The van der Waals surface area contributed by atoms with E-state index in [1.54, 1.807) is 77.7 Å². The first kappa shape index (κ1) is 30.2. The predicted molar refractivity (Wildman–Crippen MR) is 154 cm³/mol. The molecule has 0 aliphatic rings. The van der Waals surface area contributed by atoms with Crippen molar-refractivity contribution in [2.45, 2.75) is 31.0 Å². The van der Waals surface area contributed by atoms with Crippen LogP contribution in [0.2, 0.25) is 5.02 Å². The molecule has 0 aromatic heterocycles. The highest BCUT2D eigenvalue weighted by molar-refractivity contribution is 6.31. The van der Waals surface area contributed by atoms with Crippen molar-refractivity contribution in [2.24, 2.45) is 0 Å². The molecule has 0 aliphatic heterocycles. The van der Waals surface area contributed by atoms with Gasteiger partial charge in [0.05, 0.1) is 13.0 Å². The van der Waals surface area contributed by atoms with Gasteiger partial charge in [-0.1, -0.05) is 103 Å². The van der Waals surface area contributed by atoms with E-state index in [1.807, 2.05) is 12.1 Å². The first-order valence-corrected chi connectivity index (χ1v) is 13.6. The molecule has 0 saturated heterocycles. The molecule has 0 atom stereocenters. The maximum atomic E-state index is 15.3. The van der Waals surface area contributed by atoms with Gasteiger partial charge in [-0.05, 0) is 46.9 Å². The third kappa shape index (κ3) is 7.69. The fourth-order valence-electron chi connectivity index (χ4n) is 5.03. The molecule has 0 bridgehead atoms. The number of alkyl halides is 3. The number of halogens is 4. The maximum Gasteiger partial charge on any atom is 0.403 e. The van der Waals surface area contributed by atoms with Crippen molar-refractivity contribution >= 4 is 17.6 Å². The third-order valence-corrected chi connectivity index (χ3v) is 7.34. The summed E-state index contributed by atoms with van der Waals surface area (Å²) in [6.07, 6.45) is -4.29. The Hall–Kier alpha value is -3.81. The molecule has 214 valence electrons. The van der Waals surface area contributed by atoms with Crippen molar-refractivity contribution in [3.63, 3.8) is 0 Å². The summed E-state index contributed by atoms with van der Waals surface area (Å²) in [4.78, 5) is 12.8. The second-order valence-electron chi connectivity index (χ2n) is 9.86. The minimum Gasteiger partial charge on any atom is -0.494 e. The number of hydrogen-bond donors (Lipinski definition) is 1. The molecular formula is C33H31ClF3NO3. The first-order chi connectivity index (χ1) is 19.7. The van der Waals surface area contributed by atoms with E-state index >= 15 is 13.2 Å². The van der Waals surface area contributed by atoms with E-state index < -0.39 is 17.6 Å². The molecule has 0 amide bonds. The molecule has 4 aromatic rings. The molecule has 0 aliphatic carbocycles. The van der Waals surface area contributed by atoms with E-state index in [9.17, 15) is 4.79 Å². The van der Waals surface area contributed by atoms with E-state index in [1.165, 1.54) is 24.3 Å². The van der Waals surface area contributed by atoms with Crippen LogP contribution in [-0.4, -0.2) is 41.8 Å². The summed E-state index contributed by atoms with van der Waals surface area (Å²) < 4.78 is 51.9. The second kappa shape index (κ2) is 13.7. The quantitative estimate of drug-likeness (QED) is 0.164. The van der Waals surface area contributed by atoms with E-state index in [0.29, 0.717) is 29.3 Å². The molecule has 8 heteroatoms. The first-order valence-electron chi connectivity index (χ1n) is 13.3. The van der Waals surface area contributed by atoms with E-state index in [-0.39, 0.29) is 37.2 Å². The molecular weight excluding hydrogens is 551 g/mol. The van der Waals surface area contributed by atoms with Crippen LogP contribution in [0.3, 0.4) is 0 Å². The van der Waals surface area contributed by atoms with Crippen molar-refractivity contribution in [3.8, 4) is 5.75 Å². The summed E-state index contributed by atoms with van der Waals surface area (Å²) in [5, 5.41) is 9.54. The minimum atomic E-state index is -4.60. The van der Waals surface area contributed by atoms with Gasteiger partial charge in [0.15, 0.2) is 0 Å². The summed E-state index contributed by atoms with van der Waals surface area (Å²) in [5.41, 5.74) is -0.628. The van der Waals surface area contributed by atoms with Crippen LogP contribution in [0, 0.1) is 0 Å². The van der Waals surface area contributed by atoms with Crippen LogP contribution in [0.5, 0.6) is 5.75 Å². The summed E-state index contributed by atoms with van der Waals surface area (Å²) in [6, 6.07) is 30.0. The van der Waals surface area contributed by atoms with Crippen molar-refractivity contribution in [1.82, 2.24) is 4.90 Å². The number of carboxylic acid groups (broad SMARTS) is 1. The number of ether oxygens (including phenoxy) is 1. The van der Waals surface area contributed by atoms with Crippen LogP contribution < -0.4 is 4.74 Å². The van der Waals surface area contributed by atoms with E-state index in [2.05, 4.69) is 0 Å². The average Bonchev–Trinajstić information content (AvgIpc) is 2.95. The van der Waals surface area contributed by atoms with Gasteiger partial charge in [0.2, 0.25) is 0 Å². The van der Waals surface area contributed by atoms with Gasteiger partial charge < -0.3 is 9.84 Å². The maximum absolute atomic E-state index is 15.3. The number of benzene rings is 4. The molecule has 0 radical (unpaired) electrons. The van der Waals surface area contributed by atoms with Crippen molar-refractivity contribution in [1.29, 1.82) is 0 Å². The van der Waals surface area contributed by atoms with Gasteiger partial charge in [-0.15, -0.1) is 0 Å². The molecule has 0 unspecified atom stereocenters. The van der Waals surface area contributed by atoms with Gasteiger partial charge in [0, 0.05) is 24.7 Å². The SMILES string of the molecule is O=C(O)Cc1cccc(OCCCN(Cc2ccccc2Cl)CC(c2ccccc2)(c2ccccc2)C(F)(F)F)c1. The zero-order chi connectivity index (χ0) is 29.3. The predicted octanol–water partition coefficient (Wildman–Crippen LogP) is 7.79. The lowest BCUT2D eigenvalue weighted by molar-refractivity contribution is -0.183. The Bertz CT molecular complexity index is 1370. The zero-order valence-electron chi connectivity index (χ0n) is 22.4. The second-order valence-corrected chi connectivity index (χ2v) is 10.3. The highest BCUT2D eigenvalue weighted by Crippen LogP contribution is 2.47. The van der Waals surface area contributed by atoms with Crippen molar-refractivity contribution < 1.29 is 27.8 Å². The smallest absolute Gasteiger partial charge is 0.403 e. The number of carboxylic acids is 1. The number of rotatable bonds is 13. The van der Waals surface area contributed by atoms with Gasteiger partial charge >= 0.3 is 12.1 Å². The standard InChI is InChI=1S/C33H31ClF3NO3/c34-30-18-8-7-12-26(30)23-38(19-10-20-41-29-17-9-11-25(21-29)22-31(39)40)24-32(33(35,36)37,27-13-3-1-4-14-27)28-15-5-2-6-16-28/h1-9,11-18,21H,10,19-20,22-24H2,(H,39,40). The molecule has 1 N–H and O–H groups in total. The molecule has 0 saturated carbocycles. The van der Waals surface area contributed by atoms with Gasteiger partial charge in [-0.25, -0.2) is 0 Å². The van der Waals surface area contributed by atoms with Gasteiger partial charge in [-0.3, -0.25) is 9.69 Å². The number of nitrogens with zero attached hydrogens (tertiary/aromatic N) is 1. The third-order valence-electron chi connectivity index (χ3n) is 6.97. The fraction of sp³-hybridized carbons (Fsp3) is 0.242. The largest absolute Gasteiger partial charge is 0.494 e. The summed E-state index contributed by atoms with van der Waals surface area (Å²) in [6.45, 7) is 0.428. The van der Waals surface area contributed by atoms with Crippen LogP contribution in [0.25, 0.3) is 0 Å². The Labute approximate surface area is 243 Å². The van der Waals surface area contributed by atoms with Gasteiger partial charge in [-0.2, -0.15) is 13.2 Å².